The predicted octanol–water partition coefficient (Wildman–Crippen LogP) is 2.95. The van der Waals surface area contributed by atoms with Crippen LogP contribution in [0.15, 0.2) is 24.3 Å². The van der Waals surface area contributed by atoms with Gasteiger partial charge in [0.1, 0.15) is 5.75 Å². The van der Waals surface area contributed by atoms with E-state index in [1.807, 2.05) is 24.3 Å². The summed E-state index contributed by atoms with van der Waals surface area (Å²) < 4.78 is 10.3. The monoisotopic (exact) mass is 296 g/mol. The average Bonchev–Trinajstić information content (AvgIpc) is 2.46. The second-order valence-electron chi connectivity index (χ2n) is 5.00. The third-order valence-corrected chi connectivity index (χ3v) is 5.22. The van der Waals surface area contributed by atoms with Crippen LogP contribution in [0.1, 0.15) is 24.8 Å². The lowest BCUT2D eigenvalue weighted by atomic mass is 9.95. The minimum Gasteiger partial charge on any atom is -0.497 e. The van der Waals surface area contributed by atoms with Crippen LogP contribution in [0.5, 0.6) is 5.75 Å². The Kier molecular flexibility index (Phi) is 5.31. The number of carboxylic acids is 1. The number of thioether (sulfide) groups is 1. The summed E-state index contributed by atoms with van der Waals surface area (Å²) in [5, 5.41) is 9.13. The summed E-state index contributed by atoms with van der Waals surface area (Å²) in [7, 11) is 1.65. The van der Waals surface area contributed by atoms with Crippen molar-refractivity contribution >= 4 is 17.7 Å². The number of rotatable bonds is 6. The molecule has 0 aromatic heterocycles. The van der Waals surface area contributed by atoms with E-state index in [1.165, 1.54) is 5.56 Å². The Morgan fingerprint density at radius 3 is 2.55 bits per heavy atom. The molecule has 1 saturated heterocycles. The molecule has 0 spiro atoms. The standard InChI is InChI=1S/C15H20O4S/c1-18-13-4-2-12(3-5-13)11-20-15(10-14(16)17)6-8-19-9-7-15/h2-5H,6-11H2,1H3,(H,16,17). The van der Waals surface area contributed by atoms with Crippen LogP contribution in [-0.2, 0) is 15.3 Å². The number of hydrogen-bond donors (Lipinski definition) is 1. The highest BCUT2D eigenvalue weighted by Gasteiger charge is 2.35. The molecule has 1 aliphatic rings. The Morgan fingerprint density at radius 1 is 1.35 bits per heavy atom. The number of hydrogen-bond acceptors (Lipinski definition) is 4. The molecule has 1 aromatic carbocycles. The number of methoxy groups -OCH3 is 1. The van der Waals surface area contributed by atoms with Crippen molar-refractivity contribution in [3.63, 3.8) is 0 Å². The predicted molar refractivity (Wildman–Crippen MR) is 79.3 cm³/mol. The number of carboxylic acid groups (broad SMARTS) is 1. The van der Waals surface area contributed by atoms with Gasteiger partial charge in [0.25, 0.3) is 0 Å². The van der Waals surface area contributed by atoms with Crippen molar-refractivity contribution in [2.45, 2.75) is 29.8 Å². The molecule has 20 heavy (non-hydrogen) atoms. The summed E-state index contributed by atoms with van der Waals surface area (Å²) in [5.41, 5.74) is 1.19. The van der Waals surface area contributed by atoms with Gasteiger partial charge in [-0.25, -0.2) is 0 Å². The van der Waals surface area contributed by atoms with Crippen molar-refractivity contribution in [2.24, 2.45) is 0 Å². The first kappa shape index (κ1) is 15.2. The quantitative estimate of drug-likeness (QED) is 0.874. The lowest BCUT2D eigenvalue weighted by molar-refractivity contribution is -0.138. The minimum absolute atomic E-state index is 0.190. The Balaban J connectivity index is 1.98. The Morgan fingerprint density at radius 2 is 2.00 bits per heavy atom. The first-order valence-electron chi connectivity index (χ1n) is 6.70. The topological polar surface area (TPSA) is 55.8 Å². The van der Waals surface area contributed by atoms with Gasteiger partial charge in [-0.05, 0) is 30.5 Å². The minimum atomic E-state index is -0.728. The van der Waals surface area contributed by atoms with Gasteiger partial charge in [-0.3, -0.25) is 4.79 Å². The second-order valence-corrected chi connectivity index (χ2v) is 6.45. The molecule has 0 aliphatic carbocycles. The zero-order valence-corrected chi connectivity index (χ0v) is 12.4. The second kappa shape index (κ2) is 6.99. The first-order chi connectivity index (χ1) is 9.63. The van der Waals surface area contributed by atoms with E-state index >= 15 is 0 Å². The molecule has 1 N–H and O–H groups in total. The smallest absolute Gasteiger partial charge is 0.304 e. The molecule has 0 atom stereocenters. The molecule has 2 rings (SSSR count). The summed E-state index contributed by atoms with van der Waals surface area (Å²) in [6, 6.07) is 7.92. The average molecular weight is 296 g/mol. The molecule has 1 heterocycles. The van der Waals surface area contributed by atoms with E-state index in [9.17, 15) is 4.79 Å². The van der Waals surface area contributed by atoms with Crippen LogP contribution in [0.3, 0.4) is 0 Å². The molecule has 1 aliphatic heterocycles. The molecule has 5 heteroatoms. The highest BCUT2D eigenvalue weighted by Crippen LogP contribution is 2.40. The lowest BCUT2D eigenvalue weighted by Gasteiger charge is -2.35. The van der Waals surface area contributed by atoms with E-state index in [1.54, 1.807) is 18.9 Å². The number of aliphatic carboxylic acids is 1. The number of ether oxygens (including phenoxy) is 2. The largest absolute Gasteiger partial charge is 0.497 e. The molecule has 0 saturated carbocycles. The molecule has 0 radical (unpaired) electrons. The van der Waals surface area contributed by atoms with E-state index in [0.717, 1.165) is 24.3 Å². The fourth-order valence-corrected chi connectivity index (χ4v) is 3.70. The lowest BCUT2D eigenvalue weighted by Crippen LogP contribution is -2.35. The van der Waals surface area contributed by atoms with Crippen LogP contribution >= 0.6 is 11.8 Å². The summed E-state index contributed by atoms with van der Waals surface area (Å²) in [6.07, 6.45) is 1.82. The molecular weight excluding hydrogens is 276 g/mol. The van der Waals surface area contributed by atoms with Crippen LogP contribution in [0.2, 0.25) is 0 Å². The molecule has 0 amide bonds. The maximum Gasteiger partial charge on any atom is 0.304 e. The molecular formula is C15H20O4S. The van der Waals surface area contributed by atoms with Gasteiger partial charge in [0, 0.05) is 23.7 Å². The van der Waals surface area contributed by atoms with E-state index in [0.29, 0.717) is 13.2 Å². The van der Waals surface area contributed by atoms with Gasteiger partial charge in [-0.15, -0.1) is 11.8 Å². The van der Waals surface area contributed by atoms with E-state index < -0.39 is 5.97 Å². The van der Waals surface area contributed by atoms with Crippen LogP contribution in [0, 0.1) is 0 Å². The maximum absolute atomic E-state index is 11.1. The fourth-order valence-electron chi connectivity index (χ4n) is 2.35. The highest BCUT2D eigenvalue weighted by molar-refractivity contribution is 7.99. The van der Waals surface area contributed by atoms with Crippen molar-refractivity contribution < 1.29 is 19.4 Å². The number of carbonyl (C=O) groups is 1. The highest BCUT2D eigenvalue weighted by atomic mass is 32.2. The van der Waals surface area contributed by atoms with Crippen molar-refractivity contribution in [1.29, 1.82) is 0 Å². The SMILES string of the molecule is COc1ccc(CSC2(CC(=O)O)CCOCC2)cc1. The summed E-state index contributed by atoms with van der Waals surface area (Å²) in [5.74, 6) is 0.927. The van der Waals surface area contributed by atoms with Gasteiger partial charge in [-0.2, -0.15) is 0 Å². The van der Waals surface area contributed by atoms with E-state index in [4.69, 9.17) is 14.6 Å². The van der Waals surface area contributed by atoms with Gasteiger partial charge in [-0.1, -0.05) is 12.1 Å². The summed E-state index contributed by atoms with van der Waals surface area (Å²) >= 11 is 1.74. The van der Waals surface area contributed by atoms with E-state index in [-0.39, 0.29) is 11.2 Å². The fraction of sp³-hybridized carbons (Fsp3) is 0.533. The zero-order valence-electron chi connectivity index (χ0n) is 11.6. The van der Waals surface area contributed by atoms with Gasteiger partial charge in [0.05, 0.1) is 13.5 Å². The third-order valence-electron chi connectivity index (χ3n) is 3.58. The Bertz CT molecular complexity index is 438. The maximum atomic E-state index is 11.1. The van der Waals surface area contributed by atoms with Gasteiger partial charge >= 0.3 is 5.97 Å². The van der Waals surface area contributed by atoms with Crippen molar-refractivity contribution in [1.82, 2.24) is 0 Å². The molecule has 1 aromatic rings. The van der Waals surface area contributed by atoms with Crippen LogP contribution in [0.4, 0.5) is 0 Å². The van der Waals surface area contributed by atoms with Crippen LogP contribution < -0.4 is 4.74 Å². The van der Waals surface area contributed by atoms with Gasteiger partial charge in [0.15, 0.2) is 0 Å². The van der Waals surface area contributed by atoms with Gasteiger partial charge < -0.3 is 14.6 Å². The van der Waals surface area contributed by atoms with Crippen LogP contribution in [-0.4, -0.2) is 36.1 Å². The van der Waals surface area contributed by atoms with Crippen LogP contribution in [0.25, 0.3) is 0 Å². The Labute approximate surface area is 123 Å². The Hall–Kier alpha value is -1.20. The molecule has 0 bridgehead atoms. The molecule has 0 unspecified atom stereocenters. The zero-order chi connectivity index (χ0) is 14.4. The van der Waals surface area contributed by atoms with Gasteiger partial charge in [0.2, 0.25) is 0 Å². The van der Waals surface area contributed by atoms with E-state index in [2.05, 4.69) is 0 Å². The van der Waals surface area contributed by atoms with Crippen molar-refractivity contribution in [3.05, 3.63) is 29.8 Å². The third kappa shape index (κ3) is 4.15. The summed E-state index contributed by atoms with van der Waals surface area (Å²) in [4.78, 5) is 11.1. The molecule has 1 fully saturated rings. The number of benzene rings is 1. The van der Waals surface area contributed by atoms with Crippen molar-refractivity contribution in [3.8, 4) is 5.75 Å². The molecule has 110 valence electrons. The van der Waals surface area contributed by atoms with Crippen molar-refractivity contribution in [2.75, 3.05) is 20.3 Å². The normalized spacial score (nSPS) is 17.6. The molecule has 4 nitrogen and oxygen atoms in total. The first-order valence-corrected chi connectivity index (χ1v) is 7.68. The summed E-state index contributed by atoms with van der Waals surface area (Å²) in [6.45, 7) is 1.31.